The monoisotopic (exact) mass is 471 g/mol. The average molecular weight is 472 g/mol. The van der Waals surface area contributed by atoms with Gasteiger partial charge in [0, 0.05) is 11.6 Å². The fraction of sp³-hybridized carbons (Fsp3) is 0.130. The minimum atomic E-state index is -0.820. The molecule has 3 rings (SSSR count). The third-order valence-corrected chi connectivity index (χ3v) is 4.82. The molecule has 0 atom stereocenters. The SMILES string of the molecule is COc1ccccc1C(=O)NC(=O)COC(=O)/C=C/c1c(C)nn(-c2ccc(F)cc2)c1Cl. The third-order valence-electron chi connectivity index (χ3n) is 4.46. The summed E-state index contributed by atoms with van der Waals surface area (Å²) < 4.78 is 24.5. The molecule has 8 nitrogen and oxygen atoms in total. The van der Waals surface area contributed by atoms with Crippen LogP contribution in [0.4, 0.5) is 4.39 Å². The Balaban J connectivity index is 1.59. The van der Waals surface area contributed by atoms with Crippen molar-refractivity contribution < 1.29 is 28.2 Å². The zero-order chi connectivity index (χ0) is 24.0. The first kappa shape index (κ1) is 23.7. The van der Waals surface area contributed by atoms with Crippen LogP contribution < -0.4 is 10.1 Å². The van der Waals surface area contributed by atoms with Gasteiger partial charge in [-0.15, -0.1) is 0 Å². The second-order valence-corrected chi connectivity index (χ2v) is 7.05. The Kier molecular flexibility index (Phi) is 7.57. The van der Waals surface area contributed by atoms with Gasteiger partial charge in [-0.3, -0.25) is 14.9 Å². The van der Waals surface area contributed by atoms with E-state index in [0.29, 0.717) is 22.7 Å². The van der Waals surface area contributed by atoms with Crippen molar-refractivity contribution in [1.29, 1.82) is 0 Å². The molecule has 10 heteroatoms. The molecule has 2 aromatic carbocycles. The van der Waals surface area contributed by atoms with Crippen LogP contribution in [0.1, 0.15) is 21.6 Å². The summed E-state index contributed by atoms with van der Waals surface area (Å²) in [6, 6.07) is 12.0. The van der Waals surface area contributed by atoms with Gasteiger partial charge in [-0.05, 0) is 49.4 Å². The Hall–Kier alpha value is -3.98. The number of nitrogens with one attached hydrogen (secondary N) is 1. The zero-order valence-corrected chi connectivity index (χ0v) is 18.4. The normalized spacial score (nSPS) is 10.8. The summed E-state index contributed by atoms with van der Waals surface area (Å²) in [6.45, 7) is 1.03. The maximum Gasteiger partial charge on any atom is 0.331 e. The van der Waals surface area contributed by atoms with Crippen molar-refractivity contribution in [1.82, 2.24) is 15.1 Å². The standard InChI is InChI=1S/C23H19ClFN3O5/c1-14-17(22(24)28(27-14)16-9-7-15(25)8-10-16)11-12-21(30)33-13-20(29)26-23(31)18-5-3-4-6-19(18)32-2/h3-12H,13H2,1-2H3,(H,26,29,31)/b12-11+. The van der Waals surface area contributed by atoms with Crippen molar-refractivity contribution in [2.45, 2.75) is 6.92 Å². The maximum absolute atomic E-state index is 13.1. The van der Waals surface area contributed by atoms with Crippen LogP contribution in [0.25, 0.3) is 11.8 Å². The summed E-state index contributed by atoms with van der Waals surface area (Å²) in [5.74, 6) is -2.39. The van der Waals surface area contributed by atoms with Crippen molar-refractivity contribution in [3.8, 4) is 11.4 Å². The fourth-order valence-electron chi connectivity index (χ4n) is 2.85. The lowest BCUT2D eigenvalue weighted by Crippen LogP contribution is -2.34. The zero-order valence-electron chi connectivity index (χ0n) is 17.7. The molecule has 33 heavy (non-hydrogen) atoms. The van der Waals surface area contributed by atoms with Crippen molar-refractivity contribution in [2.24, 2.45) is 0 Å². The van der Waals surface area contributed by atoms with Crippen molar-refractivity contribution >= 4 is 35.5 Å². The summed E-state index contributed by atoms with van der Waals surface area (Å²) in [4.78, 5) is 36.2. The van der Waals surface area contributed by atoms with Gasteiger partial charge in [-0.2, -0.15) is 5.10 Å². The molecule has 0 fully saturated rings. The first-order valence-electron chi connectivity index (χ1n) is 9.63. The number of hydrogen-bond donors (Lipinski definition) is 1. The van der Waals surface area contributed by atoms with Crippen LogP contribution in [0.2, 0.25) is 5.15 Å². The van der Waals surface area contributed by atoms with Gasteiger partial charge in [-0.1, -0.05) is 23.7 Å². The number of imide groups is 1. The first-order valence-corrected chi connectivity index (χ1v) is 10.0. The molecular weight excluding hydrogens is 453 g/mol. The molecular formula is C23H19ClFN3O5. The predicted molar refractivity (Wildman–Crippen MR) is 119 cm³/mol. The van der Waals surface area contributed by atoms with Crippen LogP contribution in [0.15, 0.2) is 54.6 Å². The Bertz CT molecular complexity index is 1220. The van der Waals surface area contributed by atoms with Crippen LogP contribution in [0, 0.1) is 12.7 Å². The molecule has 0 radical (unpaired) electrons. The number of aryl methyl sites for hydroxylation is 1. The van der Waals surface area contributed by atoms with Gasteiger partial charge in [0.05, 0.1) is 24.1 Å². The van der Waals surface area contributed by atoms with Crippen LogP contribution in [0.3, 0.4) is 0 Å². The molecule has 0 bridgehead atoms. The number of amides is 2. The average Bonchev–Trinajstić information content (AvgIpc) is 3.09. The summed E-state index contributed by atoms with van der Waals surface area (Å²) in [5, 5.41) is 6.62. The topological polar surface area (TPSA) is 99.5 Å². The molecule has 0 aliphatic heterocycles. The fourth-order valence-corrected chi connectivity index (χ4v) is 3.19. The van der Waals surface area contributed by atoms with Crippen LogP contribution in [-0.2, 0) is 14.3 Å². The number of aromatic nitrogens is 2. The van der Waals surface area contributed by atoms with E-state index < -0.39 is 30.2 Å². The number of benzene rings is 2. The number of esters is 1. The molecule has 2 amide bonds. The first-order chi connectivity index (χ1) is 15.8. The Morgan fingerprint density at radius 2 is 1.85 bits per heavy atom. The van der Waals surface area contributed by atoms with Crippen LogP contribution in [0.5, 0.6) is 5.75 Å². The van der Waals surface area contributed by atoms with Crippen molar-refractivity contribution in [3.63, 3.8) is 0 Å². The number of hydrogen-bond acceptors (Lipinski definition) is 6. The third kappa shape index (κ3) is 5.83. The minimum Gasteiger partial charge on any atom is -0.496 e. The van der Waals surface area contributed by atoms with Crippen LogP contribution >= 0.6 is 11.6 Å². The van der Waals surface area contributed by atoms with Crippen molar-refractivity contribution in [3.05, 3.63) is 82.4 Å². The Labute approximate surface area is 193 Å². The van der Waals surface area contributed by atoms with E-state index in [1.165, 1.54) is 48.2 Å². The van der Waals surface area contributed by atoms with Gasteiger partial charge < -0.3 is 9.47 Å². The predicted octanol–water partition coefficient (Wildman–Crippen LogP) is 3.49. The quantitative estimate of drug-likeness (QED) is 0.418. The van der Waals surface area contributed by atoms with E-state index >= 15 is 0 Å². The van der Waals surface area contributed by atoms with Gasteiger partial charge in [0.25, 0.3) is 11.8 Å². The number of methoxy groups -OCH3 is 1. The van der Waals surface area contributed by atoms with Gasteiger partial charge in [0.2, 0.25) is 0 Å². The number of halogens is 2. The second kappa shape index (κ2) is 10.6. The highest BCUT2D eigenvalue weighted by atomic mass is 35.5. The highest BCUT2D eigenvalue weighted by molar-refractivity contribution is 6.31. The number of rotatable bonds is 7. The molecule has 170 valence electrons. The highest BCUT2D eigenvalue weighted by Gasteiger charge is 2.16. The molecule has 0 spiro atoms. The number of para-hydroxylation sites is 1. The highest BCUT2D eigenvalue weighted by Crippen LogP contribution is 2.25. The molecule has 0 unspecified atom stereocenters. The van der Waals surface area contributed by atoms with E-state index in [4.69, 9.17) is 21.1 Å². The number of nitrogens with zero attached hydrogens (tertiary/aromatic N) is 2. The molecule has 1 heterocycles. The molecule has 0 saturated carbocycles. The lowest BCUT2D eigenvalue weighted by atomic mass is 10.2. The summed E-state index contributed by atoms with van der Waals surface area (Å²) >= 11 is 6.35. The number of carbonyl (C=O) groups is 3. The lowest BCUT2D eigenvalue weighted by Gasteiger charge is -2.08. The van der Waals surface area contributed by atoms with Crippen LogP contribution in [-0.4, -0.2) is 41.3 Å². The van der Waals surface area contributed by atoms with Gasteiger partial charge >= 0.3 is 5.97 Å². The second-order valence-electron chi connectivity index (χ2n) is 6.70. The smallest absolute Gasteiger partial charge is 0.331 e. The maximum atomic E-state index is 13.1. The van der Waals surface area contributed by atoms with E-state index in [2.05, 4.69) is 10.4 Å². The summed E-state index contributed by atoms with van der Waals surface area (Å²) in [7, 11) is 1.40. The molecule has 0 aliphatic carbocycles. The molecule has 0 aliphatic rings. The molecule has 1 aromatic heterocycles. The molecule has 0 saturated heterocycles. The Morgan fingerprint density at radius 3 is 2.55 bits per heavy atom. The largest absolute Gasteiger partial charge is 0.496 e. The number of carbonyl (C=O) groups excluding carboxylic acids is 3. The van der Waals surface area contributed by atoms with E-state index in [1.807, 2.05) is 0 Å². The van der Waals surface area contributed by atoms with Gasteiger partial charge in [0.1, 0.15) is 16.7 Å². The lowest BCUT2D eigenvalue weighted by molar-refractivity contribution is -0.143. The van der Waals surface area contributed by atoms with Gasteiger partial charge in [0.15, 0.2) is 6.61 Å². The van der Waals surface area contributed by atoms with E-state index in [-0.39, 0.29) is 10.7 Å². The number of ether oxygens (including phenoxy) is 2. The van der Waals surface area contributed by atoms with E-state index in [9.17, 15) is 18.8 Å². The van der Waals surface area contributed by atoms with Crippen molar-refractivity contribution in [2.75, 3.05) is 13.7 Å². The Morgan fingerprint density at radius 1 is 1.15 bits per heavy atom. The van der Waals surface area contributed by atoms with E-state index in [0.717, 1.165) is 6.08 Å². The summed E-state index contributed by atoms with van der Waals surface area (Å²) in [5.41, 5.74) is 1.69. The van der Waals surface area contributed by atoms with Gasteiger partial charge in [-0.25, -0.2) is 13.9 Å². The minimum absolute atomic E-state index is 0.169. The molecule has 3 aromatic rings. The summed E-state index contributed by atoms with van der Waals surface area (Å²) in [6.07, 6.45) is 2.48. The van der Waals surface area contributed by atoms with E-state index in [1.54, 1.807) is 25.1 Å². The molecule has 1 N–H and O–H groups in total.